The highest BCUT2D eigenvalue weighted by Crippen LogP contribution is 2.49. The largest absolute Gasteiger partial charge is 0.435 e. The number of ether oxygens (including phenoxy) is 1. The molecule has 3 aliphatic rings. The van der Waals surface area contributed by atoms with Gasteiger partial charge in [0.15, 0.2) is 0 Å². The normalized spacial score (nSPS) is 24.0. The molecule has 1 heterocycles. The van der Waals surface area contributed by atoms with Crippen LogP contribution in [0.15, 0.2) is 66.7 Å². The molecule has 0 spiro atoms. The van der Waals surface area contributed by atoms with Crippen LogP contribution in [0.3, 0.4) is 0 Å². The van der Waals surface area contributed by atoms with Gasteiger partial charge in [-0.25, -0.2) is 0 Å². The van der Waals surface area contributed by atoms with Gasteiger partial charge in [-0.3, -0.25) is 9.69 Å². The van der Waals surface area contributed by atoms with Gasteiger partial charge in [0.1, 0.15) is 5.75 Å². The lowest BCUT2D eigenvalue weighted by molar-refractivity contribution is -0.0498. The summed E-state index contributed by atoms with van der Waals surface area (Å²) in [6, 6.07) is 21.7. The van der Waals surface area contributed by atoms with Crippen LogP contribution < -0.4 is 10.1 Å². The molecule has 1 N–H and O–H groups in total. The number of nitrogens with zero attached hydrogens (tertiary/aromatic N) is 1. The summed E-state index contributed by atoms with van der Waals surface area (Å²) in [5.41, 5.74) is 6.70. The number of fused-ring (bicyclic) bond motifs is 4. The molecule has 3 atom stereocenters. The van der Waals surface area contributed by atoms with Gasteiger partial charge < -0.3 is 10.1 Å². The zero-order valence-electron chi connectivity index (χ0n) is 23.3. The van der Waals surface area contributed by atoms with Crippen molar-refractivity contribution in [3.8, 4) is 16.9 Å². The van der Waals surface area contributed by atoms with Crippen LogP contribution in [0.1, 0.15) is 60.2 Å². The molecule has 1 aliphatic heterocycles. The Kier molecular flexibility index (Phi) is 7.39. The van der Waals surface area contributed by atoms with E-state index in [9.17, 15) is 13.6 Å². The van der Waals surface area contributed by atoms with Crippen molar-refractivity contribution >= 4 is 5.91 Å². The summed E-state index contributed by atoms with van der Waals surface area (Å²) < 4.78 is 29.2. The standard InChI is InChI=1S/C34H38F2N2O2/c1-22-31-20-27-9-10-28(19-30(27)34(22,2)16-18-38(31)21-24-3-4-24)32(39)37-17-15-23-5-7-25(8-6-23)26-11-13-29(14-12-26)40-33(35)36/h5-14,19,22,24,31,33H,3-4,15-18,20-21H2,1-2H3,(H,37,39)/t22-,31+,34+/m0/s1. The molecule has 40 heavy (non-hydrogen) atoms. The fraction of sp³-hybridized carbons (Fsp3) is 0.441. The SMILES string of the molecule is C[C@H]1[C@H]2Cc3ccc(C(=O)NCCc4ccc(-c5ccc(OC(F)F)cc5)cc4)cc3[C@]1(C)CCN2CC1CC1. The van der Waals surface area contributed by atoms with Crippen molar-refractivity contribution in [2.45, 2.75) is 64.0 Å². The van der Waals surface area contributed by atoms with E-state index >= 15 is 0 Å². The Balaban J connectivity index is 1.06. The maximum absolute atomic E-state index is 13.1. The Hall–Kier alpha value is -3.25. The Morgan fingerprint density at radius 2 is 1.75 bits per heavy atom. The zero-order chi connectivity index (χ0) is 27.9. The maximum Gasteiger partial charge on any atom is 0.387 e. The van der Waals surface area contributed by atoms with Crippen LogP contribution in [-0.4, -0.2) is 43.1 Å². The lowest BCUT2D eigenvalue weighted by Gasteiger charge is -2.55. The Morgan fingerprint density at radius 3 is 2.42 bits per heavy atom. The molecule has 210 valence electrons. The van der Waals surface area contributed by atoms with Crippen molar-refractivity contribution < 1.29 is 18.3 Å². The van der Waals surface area contributed by atoms with Gasteiger partial charge in [-0.05, 0) is 108 Å². The molecule has 1 saturated heterocycles. The summed E-state index contributed by atoms with van der Waals surface area (Å²) in [7, 11) is 0. The highest BCUT2D eigenvalue weighted by atomic mass is 19.3. The van der Waals surface area contributed by atoms with E-state index in [1.54, 1.807) is 24.3 Å². The summed E-state index contributed by atoms with van der Waals surface area (Å²) in [5, 5.41) is 3.11. The number of nitrogens with one attached hydrogen (secondary N) is 1. The molecule has 1 saturated carbocycles. The first-order chi connectivity index (χ1) is 19.3. The Morgan fingerprint density at radius 1 is 1.05 bits per heavy atom. The van der Waals surface area contributed by atoms with Crippen molar-refractivity contribution in [1.29, 1.82) is 0 Å². The first-order valence-electron chi connectivity index (χ1n) is 14.6. The predicted molar refractivity (Wildman–Crippen MR) is 154 cm³/mol. The van der Waals surface area contributed by atoms with Crippen LogP contribution in [-0.2, 0) is 18.3 Å². The second-order valence-electron chi connectivity index (χ2n) is 12.1. The third-order valence-corrected chi connectivity index (χ3v) is 9.64. The van der Waals surface area contributed by atoms with Gasteiger partial charge in [-0.1, -0.05) is 56.3 Å². The van der Waals surface area contributed by atoms with Gasteiger partial charge in [0, 0.05) is 24.7 Å². The second kappa shape index (κ2) is 11.0. The van der Waals surface area contributed by atoms with Crippen molar-refractivity contribution in [2.75, 3.05) is 19.6 Å². The van der Waals surface area contributed by atoms with E-state index in [1.165, 1.54) is 30.5 Å². The van der Waals surface area contributed by atoms with Gasteiger partial charge in [-0.2, -0.15) is 8.78 Å². The van der Waals surface area contributed by atoms with E-state index in [0.29, 0.717) is 18.5 Å². The predicted octanol–water partition coefficient (Wildman–Crippen LogP) is 6.86. The number of hydrogen-bond donors (Lipinski definition) is 1. The molecule has 0 radical (unpaired) electrons. The highest BCUT2D eigenvalue weighted by molar-refractivity contribution is 5.94. The first kappa shape index (κ1) is 26.9. The zero-order valence-corrected chi connectivity index (χ0v) is 23.3. The smallest absolute Gasteiger partial charge is 0.387 e. The lowest BCUT2D eigenvalue weighted by atomic mass is 9.59. The van der Waals surface area contributed by atoms with Gasteiger partial charge in [-0.15, -0.1) is 0 Å². The van der Waals surface area contributed by atoms with Crippen molar-refractivity contribution in [2.24, 2.45) is 11.8 Å². The van der Waals surface area contributed by atoms with Gasteiger partial charge >= 0.3 is 6.61 Å². The monoisotopic (exact) mass is 544 g/mol. The average Bonchev–Trinajstić information content (AvgIpc) is 3.77. The fourth-order valence-corrected chi connectivity index (χ4v) is 6.82. The van der Waals surface area contributed by atoms with E-state index in [1.807, 2.05) is 30.3 Å². The topological polar surface area (TPSA) is 41.6 Å². The van der Waals surface area contributed by atoms with E-state index in [2.05, 4.69) is 40.9 Å². The third kappa shape index (κ3) is 5.51. The summed E-state index contributed by atoms with van der Waals surface area (Å²) in [6.07, 6.45) is 5.76. The molecule has 2 fully saturated rings. The molecule has 1 amide bonds. The van der Waals surface area contributed by atoms with Gasteiger partial charge in [0.05, 0.1) is 0 Å². The Labute approximate surface area is 235 Å². The molecule has 0 aromatic heterocycles. The minimum absolute atomic E-state index is 0.0185. The molecule has 2 aliphatic carbocycles. The molecule has 6 heteroatoms. The number of rotatable bonds is 9. The van der Waals surface area contributed by atoms with E-state index in [0.717, 1.165) is 54.0 Å². The maximum atomic E-state index is 13.1. The van der Waals surface area contributed by atoms with Gasteiger partial charge in [0.2, 0.25) is 0 Å². The fourth-order valence-electron chi connectivity index (χ4n) is 6.82. The minimum Gasteiger partial charge on any atom is -0.435 e. The number of hydrogen-bond acceptors (Lipinski definition) is 3. The molecule has 0 unspecified atom stereocenters. The van der Waals surface area contributed by atoms with E-state index in [4.69, 9.17) is 0 Å². The van der Waals surface area contributed by atoms with Crippen LogP contribution in [0.25, 0.3) is 11.1 Å². The van der Waals surface area contributed by atoms with Crippen molar-refractivity contribution in [1.82, 2.24) is 10.2 Å². The number of carbonyl (C=O) groups is 1. The first-order valence-corrected chi connectivity index (χ1v) is 14.6. The number of piperidine rings is 1. The van der Waals surface area contributed by atoms with Crippen LogP contribution in [0.2, 0.25) is 0 Å². The molecule has 4 nitrogen and oxygen atoms in total. The lowest BCUT2D eigenvalue weighted by Crippen LogP contribution is -2.58. The number of alkyl halides is 2. The summed E-state index contributed by atoms with van der Waals surface area (Å²) in [5.74, 6) is 1.62. The van der Waals surface area contributed by atoms with Crippen LogP contribution >= 0.6 is 0 Å². The third-order valence-electron chi connectivity index (χ3n) is 9.64. The van der Waals surface area contributed by atoms with Crippen LogP contribution in [0.5, 0.6) is 5.75 Å². The molecule has 6 rings (SSSR count). The quantitative estimate of drug-likeness (QED) is 0.320. The summed E-state index contributed by atoms with van der Waals surface area (Å²) in [4.78, 5) is 15.9. The summed E-state index contributed by atoms with van der Waals surface area (Å²) >= 11 is 0. The molecule has 2 bridgehead atoms. The highest BCUT2D eigenvalue weighted by Gasteiger charge is 2.49. The number of amides is 1. The second-order valence-corrected chi connectivity index (χ2v) is 12.1. The van der Waals surface area contributed by atoms with Crippen LogP contribution in [0, 0.1) is 11.8 Å². The average molecular weight is 545 g/mol. The molecular weight excluding hydrogens is 506 g/mol. The van der Waals surface area contributed by atoms with Crippen molar-refractivity contribution in [3.63, 3.8) is 0 Å². The van der Waals surface area contributed by atoms with Gasteiger partial charge in [0.25, 0.3) is 5.91 Å². The van der Waals surface area contributed by atoms with Crippen LogP contribution in [0.4, 0.5) is 8.78 Å². The molecular formula is C34H38F2N2O2. The van der Waals surface area contributed by atoms with Crippen molar-refractivity contribution in [3.05, 3.63) is 89.0 Å². The molecule has 3 aromatic rings. The number of carbonyl (C=O) groups excluding carboxylic acids is 1. The van der Waals surface area contributed by atoms with E-state index in [-0.39, 0.29) is 17.1 Å². The summed E-state index contributed by atoms with van der Waals surface area (Å²) in [6.45, 7) is 4.98. The number of likely N-dealkylation sites (tertiary alicyclic amines) is 1. The van der Waals surface area contributed by atoms with E-state index < -0.39 is 6.61 Å². The minimum atomic E-state index is -2.83. The number of halogens is 2. The number of benzene rings is 3. The Bertz CT molecular complexity index is 1350. The molecule has 3 aromatic carbocycles.